The van der Waals surface area contributed by atoms with Gasteiger partial charge in [0.15, 0.2) is 11.5 Å². The molecule has 0 aliphatic rings. The third kappa shape index (κ3) is 8.10. The number of nitrogens with one attached hydrogen (secondary N) is 1. The summed E-state index contributed by atoms with van der Waals surface area (Å²) in [5.41, 5.74) is 4.97. The van der Waals surface area contributed by atoms with Crippen molar-refractivity contribution >= 4 is 67.0 Å². The van der Waals surface area contributed by atoms with E-state index >= 15 is 0 Å². The van der Waals surface area contributed by atoms with Gasteiger partial charge in [0.25, 0.3) is 5.91 Å². The first kappa shape index (κ1) is 28.8. The quantitative estimate of drug-likeness (QED) is 0.234. The zero-order chi connectivity index (χ0) is 27.2. The first-order chi connectivity index (χ1) is 17.5. The van der Waals surface area contributed by atoms with Crippen LogP contribution in [-0.2, 0) is 21.4 Å². The van der Waals surface area contributed by atoms with Crippen LogP contribution in [0.4, 0.5) is 5.69 Å². The summed E-state index contributed by atoms with van der Waals surface area (Å²) in [7, 11) is -2.19. The van der Waals surface area contributed by atoms with E-state index in [1.807, 2.05) is 13.0 Å². The van der Waals surface area contributed by atoms with Crippen molar-refractivity contribution in [3.8, 4) is 11.5 Å². The molecule has 0 aliphatic carbocycles. The van der Waals surface area contributed by atoms with Crippen LogP contribution in [0, 0.1) is 6.92 Å². The Morgan fingerprint density at radius 1 is 1.16 bits per heavy atom. The minimum absolute atomic E-state index is 0.187. The van der Waals surface area contributed by atoms with Crippen LogP contribution in [-0.4, -0.2) is 40.4 Å². The lowest BCUT2D eigenvalue weighted by Gasteiger charge is -2.21. The number of carbonyl (C=O) groups is 1. The third-order valence-electron chi connectivity index (χ3n) is 5.02. The van der Waals surface area contributed by atoms with E-state index < -0.39 is 22.5 Å². The van der Waals surface area contributed by atoms with Crippen LogP contribution in [0.15, 0.2) is 64.2 Å². The molecule has 3 rings (SSSR count). The first-order valence-electron chi connectivity index (χ1n) is 10.8. The monoisotopic (exact) mass is 627 g/mol. The number of benzene rings is 3. The molecule has 8 nitrogen and oxygen atoms in total. The second kappa shape index (κ2) is 12.6. The molecular formula is C25H24BrCl2N3O5S. The number of ether oxygens (including phenoxy) is 2. The van der Waals surface area contributed by atoms with Gasteiger partial charge in [-0.25, -0.2) is 13.8 Å². The molecule has 3 aromatic rings. The Kier molecular flexibility index (Phi) is 9.83. The van der Waals surface area contributed by atoms with E-state index in [-0.39, 0.29) is 6.61 Å². The largest absolute Gasteiger partial charge is 0.493 e. The lowest BCUT2D eigenvalue weighted by atomic mass is 10.2. The highest BCUT2D eigenvalue weighted by Crippen LogP contribution is 2.37. The molecule has 12 heteroatoms. The predicted molar refractivity (Wildman–Crippen MR) is 151 cm³/mol. The van der Waals surface area contributed by atoms with Gasteiger partial charge in [-0.2, -0.15) is 5.10 Å². The average Bonchev–Trinajstić information content (AvgIpc) is 2.82. The fourth-order valence-corrected chi connectivity index (χ4v) is 5.16. The van der Waals surface area contributed by atoms with Crippen LogP contribution in [0.1, 0.15) is 16.7 Å². The van der Waals surface area contributed by atoms with Crippen molar-refractivity contribution in [3.05, 3.63) is 85.8 Å². The van der Waals surface area contributed by atoms with Gasteiger partial charge in [0.05, 0.1) is 29.7 Å². The molecule has 0 spiro atoms. The molecule has 0 radical (unpaired) electrons. The number of hydrogen-bond donors (Lipinski definition) is 1. The van der Waals surface area contributed by atoms with Gasteiger partial charge >= 0.3 is 0 Å². The van der Waals surface area contributed by atoms with Gasteiger partial charge in [-0.05, 0) is 70.4 Å². The Bertz CT molecular complexity index is 1430. The van der Waals surface area contributed by atoms with E-state index in [1.54, 1.807) is 48.5 Å². The molecule has 0 bridgehead atoms. The summed E-state index contributed by atoms with van der Waals surface area (Å²) in [6.07, 6.45) is 2.45. The smallest absolute Gasteiger partial charge is 0.260 e. The van der Waals surface area contributed by atoms with Crippen molar-refractivity contribution in [2.45, 2.75) is 13.5 Å². The van der Waals surface area contributed by atoms with Gasteiger partial charge in [-0.15, -0.1) is 0 Å². The number of rotatable bonds is 10. The highest BCUT2D eigenvalue weighted by Gasteiger charge is 2.21. The number of aryl methyl sites for hydroxylation is 1. The van der Waals surface area contributed by atoms with Crippen molar-refractivity contribution in [1.29, 1.82) is 0 Å². The number of sulfonamides is 1. The summed E-state index contributed by atoms with van der Waals surface area (Å²) >= 11 is 15.6. The molecule has 0 aromatic heterocycles. The second-order valence-electron chi connectivity index (χ2n) is 7.96. The van der Waals surface area contributed by atoms with E-state index in [1.165, 1.54) is 13.3 Å². The molecular weight excluding hydrogens is 605 g/mol. The molecule has 3 aromatic carbocycles. The highest BCUT2D eigenvalue weighted by atomic mass is 79.9. The van der Waals surface area contributed by atoms with E-state index in [4.69, 9.17) is 32.7 Å². The van der Waals surface area contributed by atoms with E-state index in [0.29, 0.717) is 37.3 Å². The number of hydrazone groups is 1. The fraction of sp³-hybridized carbons (Fsp3) is 0.200. The predicted octanol–water partition coefficient (Wildman–Crippen LogP) is 5.57. The van der Waals surface area contributed by atoms with Gasteiger partial charge in [0, 0.05) is 15.6 Å². The molecule has 1 amide bonds. The van der Waals surface area contributed by atoms with Gasteiger partial charge in [0.1, 0.15) is 13.2 Å². The van der Waals surface area contributed by atoms with Gasteiger partial charge in [0.2, 0.25) is 10.0 Å². The van der Waals surface area contributed by atoms with E-state index in [0.717, 1.165) is 21.7 Å². The summed E-state index contributed by atoms with van der Waals surface area (Å²) in [6.45, 7) is 1.60. The minimum Gasteiger partial charge on any atom is -0.493 e. The summed E-state index contributed by atoms with van der Waals surface area (Å²) in [6, 6.07) is 15.4. The molecule has 196 valence electrons. The van der Waals surface area contributed by atoms with Crippen LogP contribution in [0.3, 0.4) is 0 Å². The Morgan fingerprint density at radius 2 is 1.92 bits per heavy atom. The zero-order valence-electron chi connectivity index (χ0n) is 20.2. The molecule has 0 atom stereocenters. The summed E-state index contributed by atoms with van der Waals surface area (Å²) in [5.74, 6) is 0.278. The van der Waals surface area contributed by atoms with Crippen molar-refractivity contribution in [2.75, 3.05) is 24.2 Å². The van der Waals surface area contributed by atoms with Crippen LogP contribution < -0.4 is 19.2 Å². The van der Waals surface area contributed by atoms with E-state index in [9.17, 15) is 13.2 Å². The van der Waals surface area contributed by atoms with Crippen LogP contribution in [0.5, 0.6) is 11.5 Å². The SMILES string of the molecule is COc1cc(/C=N\NC(=O)CN(c2cccc(C)c2)S(C)(=O)=O)cc(Br)c1OCc1ccc(Cl)cc1Cl. The number of anilines is 1. The third-order valence-corrected chi connectivity index (χ3v) is 7.34. The lowest BCUT2D eigenvalue weighted by Crippen LogP contribution is -2.39. The number of hydrogen-bond acceptors (Lipinski definition) is 6. The maximum absolute atomic E-state index is 12.5. The normalized spacial score (nSPS) is 11.4. The van der Waals surface area contributed by atoms with Gasteiger partial charge in [-0.3, -0.25) is 9.10 Å². The summed E-state index contributed by atoms with van der Waals surface area (Å²) in [5, 5.41) is 4.97. The number of halogens is 3. The van der Waals surface area contributed by atoms with Crippen LogP contribution in [0.2, 0.25) is 10.0 Å². The number of carbonyl (C=O) groups excluding carboxylic acids is 1. The summed E-state index contributed by atoms with van der Waals surface area (Å²) in [4.78, 5) is 12.5. The average molecular weight is 629 g/mol. The number of methoxy groups -OCH3 is 1. The van der Waals surface area contributed by atoms with Gasteiger partial charge in [-0.1, -0.05) is 41.4 Å². The molecule has 0 heterocycles. The van der Waals surface area contributed by atoms with Gasteiger partial charge < -0.3 is 9.47 Å². The zero-order valence-corrected chi connectivity index (χ0v) is 24.1. The maximum atomic E-state index is 12.5. The number of nitrogens with zero attached hydrogens (tertiary/aromatic N) is 2. The second-order valence-corrected chi connectivity index (χ2v) is 11.6. The van der Waals surface area contributed by atoms with Crippen molar-refractivity contribution < 1.29 is 22.7 Å². The Labute approximate surface area is 234 Å². The minimum atomic E-state index is -3.69. The lowest BCUT2D eigenvalue weighted by molar-refractivity contribution is -0.119. The maximum Gasteiger partial charge on any atom is 0.260 e. The molecule has 0 saturated carbocycles. The Hall–Kier alpha value is -2.79. The molecule has 0 unspecified atom stereocenters. The standard InChI is InChI=1S/C25H24BrCl2N3O5S/c1-16-5-4-6-20(9-16)31(37(3,33)34)14-24(32)30-29-13-17-10-21(26)25(23(11-17)35-2)36-15-18-7-8-19(27)12-22(18)28/h4-13H,14-15H2,1-3H3,(H,30,32)/b29-13-. The van der Waals surface area contributed by atoms with Crippen molar-refractivity contribution in [3.63, 3.8) is 0 Å². The highest BCUT2D eigenvalue weighted by molar-refractivity contribution is 9.10. The molecule has 0 fully saturated rings. The van der Waals surface area contributed by atoms with Crippen LogP contribution >= 0.6 is 39.1 Å². The Morgan fingerprint density at radius 3 is 2.57 bits per heavy atom. The van der Waals surface area contributed by atoms with E-state index in [2.05, 4.69) is 26.5 Å². The molecule has 37 heavy (non-hydrogen) atoms. The topological polar surface area (TPSA) is 97.3 Å². The molecule has 0 saturated heterocycles. The van der Waals surface area contributed by atoms with Crippen molar-refractivity contribution in [2.24, 2.45) is 5.10 Å². The Balaban J connectivity index is 1.69. The first-order valence-corrected chi connectivity index (χ1v) is 14.2. The molecule has 1 N–H and O–H groups in total. The summed E-state index contributed by atoms with van der Waals surface area (Å²) < 4.78 is 37.5. The van der Waals surface area contributed by atoms with Crippen LogP contribution in [0.25, 0.3) is 0 Å². The number of amides is 1. The van der Waals surface area contributed by atoms with Crippen molar-refractivity contribution in [1.82, 2.24) is 5.43 Å². The molecule has 0 aliphatic heterocycles. The fourth-order valence-electron chi connectivity index (χ4n) is 3.27.